The molecule has 0 atom stereocenters. The maximum Gasteiger partial charge on any atom is 0.234 e. The average Bonchev–Trinajstić information content (AvgIpc) is 2.45. The van der Waals surface area contributed by atoms with Crippen molar-refractivity contribution in [2.45, 2.75) is 46.5 Å². The fourth-order valence-corrected chi connectivity index (χ4v) is 3.55. The second-order valence-corrected chi connectivity index (χ2v) is 7.45. The van der Waals surface area contributed by atoms with Gasteiger partial charge < -0.3 is 0 Å². The van der Waals surface area contributed by atoms with Crippen molar-refractivity contribution in [3.05, 3.63) is 34.3 Å². The average molecular weight is 306 g/mol. The Labute approximate surface area is 131 Å². The van der Waals surface area contributed by atoms with Crippen molar-refractivity contribution in [1.82, 2.24) is 0 Å². The van der Waals surface area contributed by atoms with Crippen molar-refractivity contribution >= 4 is 23.7 Å². The quantitative estimate of drug-likeness (QED) is 0.749. The molecular formula is C18H22ClO2. The summed E-state index contributed by atoms with van der Waals surface area (Å²) in [6, 6.07) is 4.94. The molecule has 1 aromatic carbocycles. The number of hydrogen-bond acceptors (Lipinski definition) is 2. The van der Waals surface area contributed by atoms with Crippen LogP contribution in [0.15, 0.2) is 18.2 Å². The van der Waals surface area contributed by atoms with Gasteiger partial charge in [-0.15, -0.1) is 0 Å². The van der Waals surface area contributed by atoms with Gasteiger partial charge in [-0.2, -0.15) is 0 Å². The van der Waals surface area contributed by atoms with Gasteiger partial charge >= 0.3 is 0 Å². The van der Waals surface area contributed by atoms with Crippen molar-refractivity contribution in [1.29, 1.82) is 0 Å². The molecule has 2 nitrogen and oxygen atoms in total. The largest absolute Gasteiger partial charge is 0.294 e. The van der Waals surface area contributed by atoms with E-state index in [0.717, 1.165) is 25.7 Å². The minimum atomic E-state index is -0.0180. The van der Waals surface area contributed by atoms with Crippen LogP contribution in [0, 0.1) is 17.3 Å². The molecule has 0 aliphatic heterocycles. The third-order valence-electron chi connectivity index (χ3n) is 4.69. The summed E-state index contributed by atoms with van der Waals surface area (Å²) >= 11 is 6.12. The topological polar surface area (TPSA) is 34.1 Å². The second kappa shape index (κ2) is 6.31. The van der Waals surface area contributed by atoms with Gasteiger partial charge in [-0.05, 0) is 43.1 Å². The first kappa shape index (κ1) is 16.2. The zero-order chi connectivity index (χ0) is 15.6. The molecule has 0 unspecified atom stereocenters. The van der Waals surface area contributed by atoms with E-state index in [-0.39, 0.29) is 17.3 Å². The molecule has 1 fully saturated rings. The van der Waals surface area contributed by atoms with Crippen LogP contribution >= 0.6 is 11.6 Å². The highest BCUT2D eigenvalue weighted by atomic mass is 35.5. The van der Waals surface area contributed by atoms with Gasteiger partial charge in [0.2, 0.25) is 6.29 Å². The molecule has 0 aromatic heterocycles. The summed E-state index contributed by atoms with van der Waals surface area (Å²) in [4.78, 5) is 23.7. The van der Waals surface area contributed by atoms with Gasteiger partial charge in [-0.3, -0.25) is 9.59 Å². The Kier molecular flexibility index (Phi) is 4.88. The molecule has 1 saturated carbocycles. The van der Waals surface area contributed by atoms with Gasteiger partial charge in [-0.1, -0.05) is 44.5 Å². The minimum absolute atomic E-state index is 0.00584. The summed E-state index contributed by atoms with van der Waals surface area (Å²) in [6.45, 7) is 6.77. The number of benzene rings is 1. The van der Waals surface area contributed by atoms with Crippen molar-refractivity contribution in [3.63, 3.8) is 0 Å². The van der Waals surface area contributed by atoms with Crippen molar-refractivity contribution in [3.8, 4) is 0 Å². The second-order valence-electron chi connectivity index (χ2n) is 7.04. The Morgan fingerprint density at radius 1 is 1.19 bits per heavy atom. The van der Waals surface area contributed by atoms with Gasteiger partial charge in [0.1, 0.15) is 0 Å². The van der Waals surface area contributed by atoms with Crippen molar-refractivity contribution < 1.29 is 9.59 Å². The number of carbonyl (C=O) groups is 1. The molecule has 1 aliphatic rings. The zero-order valence-electron chi connectivity index (χ0n) is 12.9. The normalized spacial score (nSPS) is 22.9. The lowest BCUT2D eigenvalue weighted by Crippen LogP contribution is -2.29. The van der Waals surface area contributed by atoms with Gasteiger partial charge in [0.25, 0.3) is 0 Å². The summed E-state index contributed by atoms with van der Waals surface area (Å²) in [5.74, 6) is 0.645. The van der Waals surface area contributed by atoms with E-state index in [1.54, 1.807) is 18.2 Å². The molecule has 3 heteroatoms. The summed E-state index contributed by atoms with van der Waals surface area (Å²) in [5.41, 5.74) is 0.930. The van der Waals surface area contributed by atoms with Crippen molar-refractivity contribution in [2.75, 3.05) is 0 Å². The number of hydrogen-bond donors (Lipinski definition) is 0. The monoisotopic (exact) mass is 305 g/mol. The maximum atomic E-state index is 12.7. The SMILES string of the molecule is CC(C)(C)[C@H]1CC[C@H](C(=O)c2c(Cl)cccc2[C]=O)CC1. The minimum Gasteiger partial charge on any atom is -0.294 e. The van der Waals surface area contributed by atoms with E-state index in [4.69, 9.17) is 11.6 Å². The molecule has 0 bridgehead atoms. The molecule has 0 spiro atoms. The number of rotatable bonds is 3. The van der Waals surface area contributed by atoms with Gasteiger partial charge in [0, 0.05) is 17.0 Å². The first-order valence-electron chi connectivity index (χ1n) is 7.55. The number of halogens is 1. The van der Waals surface area contributed by atoms with E-state index in [2.05, 4.69) is 20.8 Å². The highest BCUT2D eigenvalue weighted by Crippen LogP contribution is 2.41. The van der Waals surface area contributed by atoms with Crippen LogP contribution in [0.25, 0.3) is 0 Å². The van der Waals surface area contributed by atoms with Gasteiger partial charge in [0.05, 0.1) is 5.02 Å². The Hall–Kier alpha value is -1.15. The molecule has 1 radical (unpaired) electrons. The number of ketones is 1. The summed E-state index contributed by atoms with van der Waals surface area (Å²) < 4.78 is 0. The Balaban J connectivity index is 2.15. The maximum absolute atomic E-state index is 12.7. The van der Waals surface area contributed by atoms with Crippen molar-refractivity contribution in [2.24, 2.45) is 17.3 Å². The molecule has 0 N–H and O–H groups in total. The molecule has 113 valence electrons. The smallest absolute Gasteiger partial charge is 0.234 e. The first-order valence-corrected chi connectivity index (χ1v) is 7.93. The van der Waals surface area contributed by atoms with Crippen LogP contribution in [-0.2, 0) is 4.79 Å². The zero-order valence-corrected chi connectivity index (χ0v) is 13.7. The van der Waals surface area contributed by atoms with E-state index in [1.807, 2.05) is 6.29 Å². The van der Waals surface area contributed by atoms with E-state index in [9.17, 15) is 9.59 Å². The summed E-state index contributed by atoms with van der Waals surface area (Å²) in [6.07, 6.45) is 5.71. The molecule has 2 rings (SSSR count). The van der Waals surface area contributed by atoms with Crippen LogP contribution in [0.5, 0.6) is 0 Å². The van der Waals surface area contributed by atoms with E-state index >= 15 is 0 Å². The molecular weight excluding hydrogens is 284 g/mol. The Morgan fingerprint density at radius 3 is 2.33 bits per heavy atom. The Bertz CT molecular complexity index is 535. The van der Waals surface area contributed by atoms with Crippen LogP contribution in [-0.4, -0.2) is 12.1 Å². The van der Waals surface area contributed by atoms with Crippen LogP contribution in [0.4, 0.5) is 0 Å². The lowest BCUT2D eigenvalue weighted by atomic mass is 9.68. The standard InChI is InChI=1S/C18H22ClO2/c1-18(2,3)14-9-7-12(8-10-14)17(21)16-13(11-20)5-4-6-15(16)19/h4-6,12,14H,7-10H2,1-3H3/t12-,14-. The third-order valence-corrected chi connectivity index (χ3v) is 5.01. The lowest BCUT2D eigenvalue weighted by Gasteiger charge is -2.36. The van der Waals surface area contributed by atoms with Crippen LogP contribution in [0.3, 0.4) is 0 Å². The number of Topliss-reactive ketones (excluding diaryl/α,β-unsaturated/α-hetero) is 1. The third kappa shape index (κ3) is 3.55. The van der Waals surface area contributed by atoms with Crippen LogP contribution in [0.2, 0.25) is 5.02 Å². The van der Waals surface area contributed by atoms with Gasteiger partial charge in [-0.25, -0.2) is 0 Å². The highest BCUT2D eigenvalue weighted by Gasteiger charge is 2.33. The molecule has 1 aliphatic carbocycles. The van der Waals surface area contributed by atoms with E-state index in [0.29, 0.717) is 21.9 Å². The predicted octanol–water partition coefficient (Wildman–Crippen LogP) is 4.83. The molecule has 0 saturated heterocycles. The molecule has 0 amide bonds. The molecule has 1 aromatic rings. The molecule has 21 heavy (non-hydrogen) atoms. The van der Waals surface area contributed by atoms with Crippen LogP contribution in [0.1, 0.15) is 62.4 Å². The van der Waals surface area contributed by atoms with Crippen LogP contribution < -0.4 is 0 Å². The summed E-state index contributed by atoms with van der Waals surface area (Å²) in [5, 5.41) is 0.360. The van der Waals surface area contributed by atoms with E-state index in [1.165, 1.54) is 0 Å². The summed E-state index contributed by atoms with van der Waals surface area (Å²) in [7, 11) is 0. The highest BCUT2D eigenvalue weighted by molar-refractivity contribution is 6.34. The molecule has 0 heterocycles. The fourth-order valence-electron chi connectivity index (χ4n) is 3.29. The van der Waals surface area contributed by atoms with E-state index < -0.39 is 0 Å². The fraction of sp³-hybridized carbons (Fsp3) is 0.556. The first-order chi connectivity index (χ1) is 9.84. The van der Waals surface area contributed by atoms with Gasteiger partial charge in [0.15, 0.2) is 5.78 Å². The number of carbonyl (C=O) groups excluding carboxylic acids is 2. The Morgan fingerprint density at radius 2 is 1.81 bits per heavy atom. The predicted molar refractivity (Wildman–Crippen MR) is 85.5 cm³/mol. The lowest BCUT2D eigenvalue weighted by molar-refractivity contribution is 0.0819.